The molecule has 12 heavy (non-hydrogen) atoms. The lowest BCUT2D eigenvalue weighted by Gasteiger charge is -2.08. The molecule has 0 radical (unpaired) electrons. The van der Waals surface area contributed by atoms with Gasteiger partial charge in [0.2, 0.25) is 0 Å². The molecule has 0 unspecified atom stereocenters. The van der Waals surface area contributed by atoms with E-state index in [9.17, 15) is 4.79 Å². The summed E-state index contributed by atoms with van der Waals surface area (Å²) in [5.74, 6) is -0.242. The standard InChI is InChI=1S/C8H15NO3/c1-2-3-12-8(11)7-4-6(10)5-9-7/h6-7,9-10H,2-5H2,1H3/t6-,7-/m0/s1. The molecule has 0 amide bonds. The van der Waals surface area contributed by atoms with Crippen molar-refractivity contribution in [1.29, 1.82) is 0 Å². The molecular weight excluding hydrogens is 158 g/mol. The number of nitrogens with one attached hydrogen (secondary N) is 1. The average molecular weight is 173 g/mol. The highest BCUT2D eigenvalue weighted by atomic mass is 16.5. The summed E-state index contributed by atoms with van der Waals surface area (Å²) in [7, 11) is 0. The number of ether oxygens (including phenoxy) is 1. The van der Waals surface area contributed by atoms with Crippen LogP contribution in [0.3, 0.4) is 0 Å². The van der Waals surface area contributed by atoms with Crippen molar-refractivity contribution in [2.45, 2.75) is 31.9 Å². The van der Waals surface area contributed by atoms with E-state index in [2.05, 4.69) is 5.32 Å². The topological polar surface area (TPSA) is 58.6 Å². The highest BCUT2D eigenvalue weighted by Gasteiger charge is 2.28. The Morgan fingerprint density at radius 3 is 3.00 bits per heavy atom. The van der Waals surface area contributed by atoms with Gasteiger partial charge >= 0.3 is 5.97 Å². The fraction of sp³-hybridized carbons (Fsp3) is 0.875. The Morgan fingerprint density at radius 2 is 2.50 bits per heavy atom. The molecule has 1 aliphatic heterocycles. The Labute approximate surface area is 71.9 Å². The van der Waals surface area contributed by atoms with Gasteiger partial charge in [0.05, 0.1) is 12.7 Å². The molecule has 4 nitrogen and oxygen atoms in total. The van der Waals surface area contributed by atoms with Gasteiger partial charge in [0.15, 0.2) is 0 Å². The maximum absolute atomic E-state index is 11.2. The third-order valence-electron chi connectivity index (χ3n) is 1.84. The SMILES string of the molecule is CCCOC(=O)[C@@H]1C[C@H](O)CN1. The highest BCUT2D eigenvalue weighted by Crippen LogP contribution is 2.07. The minimum absolute atomic E-state index is 0.242. The van der Waals surface area contributed by atoms with Crippen molar-refractivity contribution in [2.24, 2.45) is 0 Å². The van der Waals surface area contributed by atoms with Crippen molar-refractivity contribution in [3.63, 3.8) is 0 Å². The quantitative estimate of drug-likeness (QED) is 0.573. The van der Waals surface area contributed by atoms with Crippen LogP contribution in [-0.4, -0.2) is 36.4 Å². The normalized spacial score (nSPS) is 28.8. The number of rotatable bonds is 3. The molecule has 0 spiro atoms. The van der Waals surface area contributed by atoms with Crippen LogP contribution in [0.25, 0.3) is 0 Å². The first-order valence-electron chi connectivity index (χ1n) is 4.32. The lowest BCUT2D eigenvalue weighted by Crippen LogP contribution is -2.32. The Hall–Kier alpha value is -0.610. The summed E-state index contributed by atoms with van der Waals surface area (Å²) in [5.41, 5.74) is 0. The molecule has 1 fully saturated rings. The Balaban J connectivity index is 2.23. The number of hydrogen-bond donors (Lipinski definition) is 2. The van der Waals surface area contributed by atoms with Crippen LogP contribution in [0.2, 0.25) is 0 Å². The van der Waals surface area contributed by atoms with E-state index in [1.165, 1.54) is 0 Å². The third kappa shape index (κ3) is 2.46. The van der Waals surface area contributed by atoms with Gasteiger partial charge in [-0.05, 0) is 6.42 Å². The lowest BCUT2D eigenvalue weighted by molar-refractivity contribution is -0.145. The molecule has 4 heteroatoms. The van der Waals surface area contributed by atoms with Gasteiger partial charge in [-0.25, -0.2) is 0 Å². The first-order chi connectivity index (χ1) is 5.74. The zero-order chi connectivity index (χ0) is 8.97. The maximum Gasteiger partial charge on any atom is 0.323 e. The fourth-order valence-electron chi connectivity index (χ4n) is 1.20. The minimum Gasteiger partial charge on any atom is -0.465 e. The average Bonchev–Trinajstić information content (AvgIpc) is 2.47. The van der Waals surface area contributed by atoms with E-state index in [1.807, 2.05) is 6.92 Å². The second kappa shape index (κ2) is 4.42. The molecule has 0 saturated carbocycles. The molecular formula is C8H15NO3. The monoisotopic (exact) mass is 173 g/mol. The fourth-order valence-corrected chi connectivity index (χ4v) is 1.20. The molecule has 1 aliphatic rings. The Morgan fingerprint density at radius 1 is 1.75 bits per heavy atom. The van der Waals surface area contributed by atoms with Gasteiger partial charge in [0, 0.05) is 13.0 Å². The van der Waals surface area contributed by atoms with Crippen molar-refractivity contribution in [3.05, 3.63) is 0 Å². The number of carbonyl (C=O) groups is 1. The maximum atomic E-state index is 11.2. The zero-order valence-electron chi connectivity index (χ0n) is 7.25. The van der Waals surface area contributed by atoms with Crippen LogP contribution in [-0.2, 0) is 9.53 Å². The van der Waals surface area contributed by atoms with Crippen LogP contribution in [0, 0.1) is 0 Å². The van der Waals surface area contributed by atoms with E-state index in [-0.39, 0.29) is 12.0 Å². The van der Waals surface area contributed by atoms with Gasteiger partial charge in [-0.1, -0.05) is 6.92 Å². The van der Waals surface area contributed by atoms with Gasteiger partial charge in [-0.2, -0.15) is 0 Å². The summed E-state index contributed by atoms with van der Waals surface area (Å²) >= 11 is 0. The molecule has 2 atom stereocenters. The Bertz CT molecular complexity index is 160. The predicted molar refractivity (Wildman–Crippen MR) is 43.7 cm³/mol. The van der Waals surface area contributed by atoms with E-state index >= 15 is 0 Å². The molecule has 0 aromatic carbocycles. The van der Waals surface area contributed by atoms with Crippen LogP contribution in [0.1, 0.15) is 19.8 Å². The summed E-state index contributed by atoms with van der Waals surface area (Å²) in [6.45, 7) is 2.91. The first-order valence-corrected chi connectivity index (χ1v) is 4.32. The molecule has 0 aliphatic carbocycles. The number of aliphatic hydroxyl groups is 1. The predicted octanol–water partition coefficient (Wildman–Crippen LogP) is -0.338. The number of esters is 1. The second-order valence-electron chi connectivity index (χ2n) is 3.02. The molecule has 0 bridgehead atoms. The molecule has 2 N–H and O–H groups in total. The molecule has 70 valence electrons. The molecule has 1 saturated heterocycles. The summed E-state index contributed by atoms with van der Waals surface area (Å²) < 4.78 is 4.91. The largest absolute Gasteiger partial charge is 0.465 e. The summed E-state index contributed by atoms with van der Waals surface area (Å²) in [6.07, 6.45) is 0.910. The van der Waals surface area contributed by atoms with Crippen LogP contribution in [0.4, 0.5) is 0 Å². The smallest absolute Gasteiger partial charge is 0.323 e. The van der Waals surface area contributed by atoms with E-state index in [1.54, 1.807) is 0 Å². The second-order valence-corrected chi connectivity index (χ2v) is 3.02. The number of hydrogen-bond acceptors (Lipinski definition) is 4. The number of aliphatic hydroxyl groups excluding tert-OH is 1. The minimum atomic E-state index is -0.399. The zero-order valence-corrected chi connectivity index (χ0v) is 7.25. The summed E-state index contributed by atoms with van der Waals surface area (Å²) in [5, 5.41) is 12.0. The van der Waals surface area contributed by atoms with Crippen molar-refractivity contribution in [2.75, 3.05) is 13.2 Å². The van der Waals surface area contributed by atoms with E-state index < -0.39 is 6.10 Å². The third-order valence-corrected chi connectivity index (χ3v) is 1.84. The lowest BCUT2D eigenvalue weighted by atomic mass is 10.2. The van der Waals surface area contributed by atoms with Crippen molar-refractivity contribution < 1.29 is 14.6 Å². The molecule has 1 heterocycles. The van der Waals surface area contributed by atoms with Gasteiger partial charge in [-0.15, -0.1) is 0 Å². The Kier molecular flexibility index (Phi) is 3.49. The summed E-state index contributed by atoms with van der Waals surface area (Å²) in [4.78, 5) is 11.2. The molecule has 1 rings (SSSR count). The first kappa shape index (κ1) is 9.48. The number of carbonyl (C=O) groups excluding carboxylic acids is 1. The van der Waals surface area contributed by atoms with Crippen molar-refractivity contribution in [1.82, 2.24) is 5.32 Å². The van der Waals surface area contributed by atoms with Crippen LogP contribution in [0.5, 0.6) is 0 Å². The van der Waals surface area contributed by atoms with Gasteiger partial charge < -0.3 is 15.2 Å². The summed E-state index contributed by atoms with van der Waals surface area (Å²) in [6, 6.07) is -0.299. The van der Waals surface area contributed by atoms with Crippen molar-refractivity contribution >= 4 is 5.97 Å². The van der Waals surface area contributed by atoms with Crippen molar-refractivity contribution in [3.8, 4) is 0 Å². The van der Waals surface area contributed by atoms with Gasteiger partial charge in [0.25, 0.3) is 0 Å². The van der Waals surface area contributed by atoms with Crippen LogP contribution in [0.15, 0.2) is 0 Å². The van der Waals surface area contributed by atoms with Gasteiger partial charge in [0.1, 0.15) is 6.04 Å². The molecule has 0 aromatic rings. The van der Waals surface area contributed by atoms with E-state index in [0.717, 1.165) is 6.42 Å². The van der Waals surface area contributed by atoms with Crippen LogP contribution < -0.4 is 5.32 Å². The van der Waals surface area contributed by atoms with E-state index in [0.29, 0.717) is 19.6 Å². The number of β-amino-alcohol motifs (C(OH)–C–C–N with tert-alkyl or cyclic N) is 1. The van der Waals surface area contributed by atoms with E-state index in [4.69, 9.17) is 9.84 Å². The van der Waals surface area contributed by atoms with Crippen LogP contribution >= 0.6 is 0 Å². The molecule has 0 aromatic heterocycles. The highest BCUT2D eigenvalue weighted by molar-refractivity contribution is 5.76. The van der Waals surface area contributed by atoms with Gasteiger partial charge in [-0.3, -0.25) is 4.79 Å².